The lowest BCUT2D eigenvalue weighted by molar-refractivity contribution is 0.0480. The Morgan fingerprint density at radius 1 is 1.07 bits per heavy atom. The number of methoxy groups -OCH3 is 2. The second kappa shape index (κ2) is 10.2. The standard InChI is InChI=1S/C23H34NO3P/c1-8-23(3,19-13-10-14-20(26-7)21(19)27-16-25-6)28-22-17(2)11-9-12-18(22)15-24(4)5/h9-14,28H,8,15-16H2,1-7H3. The van der Waals surface area contributed by atoms with Gasteiger partial charge in [-0.05, 0) is 49.9 Å². The van der Waals surface area contributed by atoms with E-state index in [2.05, 4.69) is 64.0 Å². The maximum absolute atomic E-state index is 5.97. The van der Waals surface area contributed by atoms with Gasteiger partial charge >= 0.3 is 0 Å². The van der Waals surface area contributed by atoms with Crippen LogP contribution in [0, 0.1) is 6.92 Å². The molecule has 4 nitrogen and oxygen atoms in total. The molecule has 0 saturated heterocycles. The fraction of sp³-hybridized carbons (Fsp3) is 0.478. The van der Waals surface area contributed by atoms with E-state index in [4.69, 9.17) is 14.2 Å². The van der Waals surface area contributed by atoms with Crippen molar-refractivity contribution in [3.63, 3.8) is 0 Å². The second-order valence-corrected chi connectivity index (χ2v) is 9.40. The molecule has 0 bridgehead atoms. The highest BCUT2D eigenvalue weighted by Gasteiger charge is 2.31. The van der Waals surface area contributed by atoms with Gasteiger partial charge in [-0.3, -0.25) is 0 Å². The molecule has 0 N–H and O–H groups in total. The smallest absolute Gasteiger partial charge is 0.188 e. The number of rotatable bonds is 10. The number of benzene rings is 2. The Labute approximate surface area is 172 Å². The predicted molar refractivity (Wildman–Crippen MR) is 120 cm³/mol. The SMILES string of the molecule is CCC(C)(Pc1c(C)cccc1CN(C)C)c1cccc(OC)c1OCOC. The van der Waals surface area contributed by atoms with Crippen LogP contribution in [0.4, 0.5) is 0 Å². The summed E-state index contributed by atoms with van der Waals surface area (Å²) in [5.74, 6) is 1.53. The highest BCUT2D eigenvalue weighted by Crippen LogP contribution is 2.50. The van der Waals surface area contributed by atoms with Gasteiger partial charge < -0.3 is 19.1 Å². The third-order valence-electron chi connectivity index (χ3n) is 5.07. The molecule has 0 heterocycles. The number of hydrogen-bond donors (Lipinski definition) is 0. The quantitative estimate of drug-likeness (QED) is 0.426. The Morgan fingerprint density at radius 3 is 2.39 bits per heavy atom. The third kappa shape index (κ3) is 5.26. The molecule has 0 aliphatic rings. The number of nitrogens with zero attached hydrogens (tertiary/aromatic N) is 1. The van der Waals surface area contributed by atoms with Crippen molar-refractivity contribution in [1.29, 1.82) is 0 Å². The van der Waals surface area contributed by atoms with Crippen molar-refractivity contribution in [2.75, 3.05) is 35.1 Å². The Bertz CT molecular complexity index is 778. The third-order valence-corrected chi connectivity index (χ3v) is 7.21. The summed E-state index contributed by atoms with van der Waals surface area (Å²) in [6.45, 7) is 7.93. The normalized spacial score (nSPS) is 13.9. The van der Waals surface area contributed by atoms with Crippen LogP contribution < -0.4 is 14.8 Å². The molecule has 2 rings (SSSR count). The van der Waals surface area contributed by atoms with Crippen molar-refractivity contribution >= 4 is 13.9 Å². The molecule has 0 aliphatic carbocycles. The van der Waals surface area contributed by atoms with Crippen LogP contribution in [-0.2, 0) is 16.4 Å². The Morgan fingerprint density at radius 2 is 1.79 bits per heavy atom. The molecular weight excluding hydrogens is 369 g/mol. The lowest BCUT2D eigenvalue weighted by Crippen LogP contribution is -2.24. The van der Waals surface area contributed by atoms with Gasteiger partial charge in [0.1, 0.15) is 0 Å². The first-order valence-electron chi connectivity index (χ1n) is 9.66. The maximum atomic E-state index is 5.97. The van der Waals surface area contributed by atoms with Crippen LogP contribution in [0.2, 0.25) is 0 Å². The molecule has 5 heteroatoms. The van der Waals surface area contributed by atoms with Crippen LogP contribution in [-0.4, -0.2) is 40.0 Å². The molecule has 0 amide bonds. The van der Waals surface area contributed by atoms with Crippen molar-refractivity contribution < 1.29 is 14.2 Å². The zero-order chi connectivity index (χ0) is 20.7. The van der Waals surface area contributed by atoms with E-state index in [0.717, 1.165) is 24.5 Å². The van der Waals surface area contributed by atoms with E-state index >= 15 is 0 Å². The number of aryl methyl sites for hydroxylation is 1. The van der Waals surface area contributed by atoms with Crippen LogP contribution in [0.1, 0.15) is 37.0 Å². The van der Waals surface area contributed by atoms with Gasteiger partial charge in [-0.2, -0.15) is 0 Å². The molecular formula is C23H34NO3P. The van der Waals surface area contributed by atoms with E-state index < -0.39 is 0 Å². The van der Waals surface area contributed by atoms with Crippen molar-refractivity contribution in [3.8, 4) is 11.5 Å². The first kappa shape index (κ1) is 22.7. The van der Waals surface area contributed by atoms with Crippen molar-refractivity contribution in [1.82, 2.24) is 4.90 Å². The van der Waals surface area contributed by atoms with E-state index in [0.29, 0.717) is 8.58 Å². The summed E-state index contributed by atoms with van der Waals surface area (Å²) in [5.41, 5.74) is 3.91. The molecule has 0 fully saturated rings. The van der Waals surface area contributed by atoms with E-state index in [-0.39, 0.29) is 11.9 Å². The van der Waals surface area contributed by atoms with E-state index in [1.54, 1.807) is 14.2 Å². The second-order valence-electron chi connectivity index (χ2n) is 7.55. The van der Waals surface area contributed by atoms with E-state index in [1.807, 2.05) is 12.1 Å². The zero-order valence-corrected chi connectivity index (χ0v) is 19.3. The molecule has 0 saturated carbocycles. The summed E-state index contributed by atoms with van der Waals surface area (Å²) in [5, 5.41) is 1.38. The lowest BCUT2D eigenvalue weighted by atomic mass is 9.96. The van der Waals surface area contributed by atoms with Gasteiger partial charge in [0, 0.05) is 24.4 Å². The first-order chi connectivity index (χ1) is 13.4. The summed E-state index contributed by atoms with van der Waals surface area (Å²) >= 11 is 0. The van der Waals surface area contributed by atoms with Gasteiger partial charge in [0.15, 0.2) is 18.3 Å². The van der Waals surface area contributed by atoms with Gasteiger partial charge in [-0.1, -0.05) is 52.8 Å². The molecule has 0 spiro atoms. The van der Waals surface area contributed by atoms with Gasteiger partial charge in [0.25, 0.3) is 0 Å². The largest absolute Gasteiger partial charge is 0.493 e. The molecule has 2 atom stereocenters. The number of ether oxygens (including phenoxy) is 3. The molecule has 0 aromatic heterocycles. The van der Waals surface area contributed by atoms with Crippen molar-refractivity contribution in [3.05, 3.63) is 53.1 Å². The average molecular weight is 404 g/mol. The van der Waals surface area contributed by atoms with E-state index in [9.17, 15) is 0 Å². The molecule has 154 valence electrons. The highest BCUT2D eigenvalue weighted by atomic mass is 31.1. The molecule has 0 radical (unpaired) electrons. The minimum absolute atomic E-state index is 0.0647. The topological polar surface area (TPSA) is 30.9 Å². The summed E-state index contributed by atoms with van der Waals surface area (Å²) < 4.78 is 16.7. The predicted octanol–water partition coefficient (Wildman–Crippen LogP) is 4.68. The van der Waals surface area contributed by atoms with Crippen LogP contribution in [0.3, 0.4) is 0 Å². The van der Waals surface area contributed by atoms with Crippen LogP contribution in [0.5, 0.6) is 11.5 Å². The molecule has 2 unspecified atom stereocenters. The van der Waals surface area contributed by atoms with E-state index in [1.165, 1.54) is 22.0 Å². The molecule has 2 aromatic rings. The van der Waals surface area contributed by atoms with Gasteiger partial charge in [0.2, 0.25) is 0 Å². The fourth-order valence-electron chi connectivity index (χ4n) is 3.38. The average Bonchev–Trinajstić information content (AvgIpc) is 2.68. The fourth-order valence-corrected chi connectivity index (χ4v) is 5.04. The number of hydrogen-bond acceptors (Lipinski definition) is 4. The Hall–Kier alpha value is -1.61. The Balaban J connectivity index is 2.53. The van der Waals surface area contributed by atoms with Gasteiger partial charge in [-0.15, -0.1) is 0 Å². The maximum Gasteiger partial charge on any atom is 0.188 e. The summed E-state index contributed by atoms with van der Waals surface area (Å²) in [7, 11) is 8.17. The van der Waals surface area contributed by atoms with Crippen LogP contribution in [0.25, 0.3) is 0 Å². The zero-order valence-electron chi connectivity index (χ0n) is 18.3. The van der Waals surface area contributed by atoms with Crippen LogP contribution >= 0.6 is 8.58 Å². The highest BCUT2D eigenvalue weighted by molar-refractivity contribution is 7.48. The van der Waals surface area contributed by atoms with Gasteiger partial charge in [0.05, 0.1) is 7.11 Å². The summed E-state index contributed by atoms with van der Waals surface area (Å²) in [6.07, 6.45) is 0.998. The lowest BCUT2D eigenvalue weighted by Gasteiger charge is -2.33. The van der Waals surface area contributed by atoms with Crippen molar-refractivity contribution in [2.45, 2.75) is 38.9 Å². The summed E-state index contributed by atoms with van der Waals surface area (Å²) in [4.78, 5) is 2.23. The summed E-state index contributed by atoms with van der Waals surface area (Å²) in [6, 6.07) is 12.8. The van der Waals surface area contributed by atoms with Gasteiger partial charge in [-0.25, -0.2) is 0 Å². The van der Waals surface area contributed by atoms with Crippen molar-refractivity contribution in [2.24, 2.45) is 0 Å². The first-order valence-corrected chi connectivity index (χ1v) is 10.7. The number of para-hydroxylation sites is 1. The molecule has 0 aliphatic heterocycles. The Kier molecular flexibility index (Phi) is 8.30. The van der Waals surface area contributed by atoms with Crippen LogP contribution in [0.15, 0.2) is 36.4 Å². The molecule has 2 aromatic carbocycles. The molecule has 28 heavy (non-hydrogen) atoms. The minimum atomic E-state index is -0.0647. The minimum Gasteiger partial charge on any atom is -0.493 e. The monoisotopic (exact) mass is 403 g/mol.